The summed E-state index contributed by atoms with van der Waals surface area (Å²) in [6.07, 6.45) is 3.57. The molecule has 1 N–H and O–H groups in total. The van der Waals surface area contributed by atoms with E-state index in [4.69, 9.17) is 16.0 Å². The minimum Gasteiger partial charge on any atom is -0.419 e. The predicted octanol–water partition coefficient (Wildman–Crippen LogP) is 3.07. The Morgan fingerprint density at radius 3 is 2.86 bits per heavy atom. The second kappa shape index (κ2) is 6.47. The maximum absolute atomic E-state index is 5.94. The molecular weight excluding hydrogens is 288 g/mol. The number of aromatic nitrogens is 3. The zero-order valence-electron chi connectivity index (χ0n) is 11.2. The molecule has 0 aliphatic rings. The lowest BCUT2D eigenvalue weighted by atomic mass is 10.2. The van der Waals surface area contributed by atoms with E-state index < -0.39 is 0 Å². The highest BCUT2D eigenvalue weighted by Gasteiger charge is 2.08. The van der Waals surface area contributed by atoms with Gasteiger partial charge in [0.1, 0.15) is 0 Å². The first-order valence-electron chi connectivity index (χ1n) is 6.49. The van der Waals surface area contributed by atoms with Crippen molar-refractivity contribution in [1.29, 1.82) is 0 Å². The Morgan fingerprint density at radius 1 is 1.10 bits per heavy atom. The van der Waals surface area contributed by atoms with E-state index in [0.717, 1.165) is 11.1 Å². The number of benzene rings is 1. The summed E-state index contributed by atoms with van der Waals surface area (Å²) >= 11 is 5.94. The summed E-state index contributed by atoms with van der Waals surface area (Å²) in [5.41, 5.74) is 1.92. The minimum absolute atomic E-state index is 0.468. The van der Waals surface area contributed by atoms with Crippen molar-refractivity contribution in [1.82, 2.24) is 20.5 Å². The Hall–Kier alpha value is -2.24. The van der Waals surface area contributed by atoms with Crippen molar-refractivity contribution < 1.29 is 4.42 Å². The van der Waals surface area contributed by atoms with Crippen LogP contribution in [0.15, 0.2) is 53.2 Å². The Balaban J connectivity index is 1.60. The van der Waals surface area contributed by atoms with E-state index in [9.17, 15) is 0 Å². The highest BCUT2D eigenvalue weighted by atomic mass is 35.5. The quantitative estimate of drug-likeness (QED) is 0.784. The van der Waals surface area contributed by atoms with E-state index in [0.29, 0.717) is 29.9 Å². The number of pyridine rings is 1. The Morgan fingerprint density at radius 2 is 2.05 bits per heavy atom. The Labute approximate surface area is 127 Å². The first-order chi connectivity index (χ1) is 10.3. The van der Waals surface area contributed by atoms with Gasteiger partial charge in [0.2, 0.25) is 11.8 Å². The molecule has 0 aliphatic heterocycles. The molecule has 3 rings (SSSR count). The molecule has 0 unspecified atom stereocenters. The molecule has 0 spiro atoms. The summed E-state index contributed by atoms with van der Waals surface area (Å²) in [7, 11) is 0. The molecule has 0 atom stereocenters. The molecule has 6 heteroatoms. The van der Waals surface area contributed by atoms with Gasteiger partial charge < -0.3 is 9.73 Å². The maximum atomic E-state index is 5.94. The van der Waals surface area contributed by atoms with E-state index in [-0.39, 0.29) is 0 Å². The van der Waals surface area contributed by atoms with Crippen LogP contribution < -0.4 is 5.32 Å². The van der Waals surface area contributed by atoms with Gasteiger partial charge in [-0.05, 0) is 29.8 Å². The van der Waals surface area contributed by atoms with Gasteiger partial charge in [0, 0.05) is 29.5 Å². The zero-order valence-corrected chi connectivity index (χ0v) is 11.9. The van der Waals surface area contributed by atoms with Gasteiger partial charge in [-0.15, -0.1) is 10.2 Å². The summed E-state index contributed by atoms with van der Waals surface area (Å²) in [4.78, 5) is 4.06. The number of nitrogens with one attached hydrogen (secondary N) is 1. The molecule has 0 fully saturated rings. The molecule has 106 valence electrons. The lowest BCUT2D eigenvalue weighted by Crippen LogP contribution is -2.12. The molecule has 2 heterocycles. The van der Waals surface area contributed by atoms with Crippen molar-refractivity contribution in [2.24, 2.45) is 0 Å². The molecule has 5 nitrogen and oxygen atoms in total. The topological polar surface area (TPSA) is 63.8 Å². The second-order valence-corrected chi connectivity index (χ2v) is 4.91. The molecule has 0 saturated carbocycles. The van der Waals surface area contributed by atoms with Crippen LogP contribution in [0.3, 0.4) is 0 Å². The lowest BCUT2D eigenvalue weighted by Gasteiger charge is -2.00. The van der Waals surface area contributed by atoms with Crippen LogP contribution in [0, 0.1) is 0 Å². The highest BCUT2D eigenvalue weighted by molar-refractivity contribution is 6.30. The van der Waals surface area contributed by atoms with Crippen molar-refractivity contribution in [2.75, 3.05) is 0 Å². The van der Waals surface area contributed by atoms with Gasteiger partial charge in [-0.2, -0.15) is 0 Å². The second-order valence-electron chi connectivity index (χ2n) is 4.48. The molecule has 0 amide bonds. The fourth-order valence-electron chi connectivity index (χ4n) is 1.88. The molecule has 3 aromatic rings. The maximum Gasteiger partial charge on any atom is 0.247 e. The molecule has 2 aromatic heterocycles. The van der Waals surface area contributed by atoms with Gasteiger partial charge in [0.25, 0.3) is 0 Å². The van der Waals surface area contributed by atoms with Crippen molar-refractivity contribution in [3.8, 4) is 11.5 Å². The van der Waals surface area contributed by atoms with E-state index in [1.165, 1.54) is 0 Å². The molecule has 0 radical (unpaired) electrons. The third-order valence-corrected chi connectivity index (χ3v) is 3.10. The third-order valence-electron chi connectivity index (χ3n) is 2.87. The van der Waals surface area contributed by atoms with Gasteiger partial charge in [-0.25, -0.2) is 0 Å². The average Bonchev–Trinajstić information content (AvgIpc) is 2.97. The highest BCUT2D eigenvalue weighted by Crippen LogP contribution is 2.21. The zero-order chi connectivity index (χ0) is 14.5. The Kier molecular flexibility index (Phi) is 4.23. The summed E-state index contributed by atoms with van der Waals surface area (Å²) in [5, 5.41) is 11.9. The van der Waals surface area contributed by atoms with Crippen LogP contribution in [0.4, 0.5) is 0 Å². The number of halogens is 1. The summed E-state index contributed by atoms with van der Waals surface area (Å²) in [5.74, 6) is 1.00. The fourth-order valence-corrected chi connectivity index (χ4v) is 2.07. The predicted molar refractivity (Wildman–Crippen MR) is 79.5 cm³/mol. The molecule has 21 heavy (non-hydrogen) atoms. The smallest absolute Gasteiger partial charge is 0.247 e. The number of hydrogen-bond donors (Lipinski definition) is 1. The normalized spacial score (nSPS) is 10.7. The van der Waals surface area contributed by atoms with Gasteiger partial charge in [0.15, 0.2) is 0 Å². The monoisotopic (exact) mass is 300 g/mol. The van der Waals surface area contributed by atoms with Crippen molar-refractivity contribution in [3.63, 3.8) is 0 Å². The van der Waals surface area contributed by atoms with E-state index >= 15 is 0 Å². The van der Waals surface area contributed by atoms with E-state index in [2.05, 4.69) is 20.5 Å². The van der Waals surface area contributed by atoms with Crippen molar-refractivity contribution in [2.45, 2.75) is 13.1 Å². The lowest BCUT2D eigenvalue weighted by molar-refractivity contribution is 0.477. The van der Waals surface area contributed by atoms with Crippen LogP contribution in [-0.4, -0.2) is 15.2 Å². The minimum atomic E-state index is 0.468. The molecule has 0 bridgehead atoms. The first kappa shape index (κ1) is 13.7. The van der Waals surface area contributed by atoms with Crippen LogP contribution in [-0.2, 0) is 13.1 Å². The van der Waals surface area contributed by atoms with Crippen LogP contribution in [0.5, 0.6) is 0 Å². The van der Waals surface area contributed by atoms with Crippen LogP contribution in [0.25, 0.3) is 11.5 Å². The molecular formula is C15H13ClN4O. The van der Waals surface area contributed by atoms with Gasteiger partial charge >= 0.3 is 0 Å². The summed E-state index contributed by atoms with van der Waals surface area (Å²) in [6, 6.07) is 11.2. The van der Waals surface area contributed by atoms with Gasteiger partial charge in [0.05, 0.1) is 6.54 Å². The number of nitrogens with zero attached hydrogens (tertiary/aromatic N) is 3. The fraction of sp³-hybridized carbons (Fsp3) is 0.133. The largest absolute Gasteiger partial charge is 0.419 e. The molecule has 0 aliphatic carbocycles. The van der Waals surface area contributed by atoms with E-state index in [1.807, 2.05) is 30.5 Å². The standard InChI is InChI=1S/C15H13ClN4O/c16-13-5-1-4-12(7-13)15-20-19-14(21-15)10-18-9-11-3-2-6-17-8-11/h1-8,18H,9-10H2. The van der Waals surface area contributed by atoms with E-state index in [1.54, 1.807) is 18.3 Å². The van der Waals surface area contributed by atoms with Gasteiger partial charge in [-0.3, -0.25) is 4.98 Å². The van der Waals surface area contributed by atoms with Crippen molar-refractivity contribution in [3.05, 3.63) is 65.3 Å². The van der Waals surface area contributed by atoms with Gasteiger partial charge in [-0.1, -0.05) is 23.7 Å². The number of hydrogen-bond acceptors (Lipinski definition) is 5. The summed E-state index contributed by atoms with van der Waals surface area (Å²) < 4.78 is 5.60. The first-order valence-corrected chi connectivity index (χ1v) is 6.87. The Bertz CT molecular complexity index is 714. The summed E-state index contributed by atoms with van der Waals surface area (Å²) in [6.45, 7) is 1.20. The number of rotatable bonds is 5. The third kappa shape index (κ3) is 3.65. The van der Waals surface area contributed by atoms with Crippen LogP contribution in [0.2, 0.25) is 5.02 Å². The molecule has 0 saturated heterocycles. The van der Waals surface area contributed by atoms with Crippen LogP contribution in [0.1, 0.15) is 11.5 Å². The van der Waals surface area contributed by atoms with Crippen LogP contribution >= 0.6 is 11.6 Å². The SMILES string of the molecule is Clc1cccc(-c2nnc(CNCc3cccnc3)o2)c1. The average molecular weight is 301 g/mol. The molecule has 1 aromatic carbocycles. The van der Waals surface area contributed by atoms with Crippen molar-refractivity contribution >= 4 is 11.6 Å².